The Morgan fingerprint density at radius 1 is 1.16 bits per heavy atom. The van der Waals surface area contributed by atoms with Gasteiger partial charge < -0.3 is 20.1 Å². The third-order valence-electron chi connectivity index (χ3n) is 5.72. The maximum Gasteiger partial charge on any atom is 0.136 e. The smallest absolute Gasteiger partial charge is 0.136 e. The molecule has 0 radical (unpaired) electrons. The van der Waals surface area contributed by atoms with Gasteiger partial charge in [0.2, 0.25) is 0 Å². The normalized spacial score (nSPS) is 15.3. The molecule has 6 nitrogen and oxygen atoms in total. The molecule has 0 amide bonds. The average molecular weight is 425 g/mol. The molecule has 0 saturated carbocycles. The van der Waals surface area contributed by atoms with Gasteiger partial charge in [0.1, 0.15) is 17.3 Å². The van der Waals surface area contributed by atoms with Crippen molar-refractivity contribution in [2.45, 2.75) is 25.5 Å². The molecule has 0 unspecified atom stereocenters. The fourth-order valence-electron chi connectivity index (χ4n) is 3.90. The number of aliphatic hydroxyl groups is 1. The van der Waals surface area contributed by atoms with Crippen LogP contribution >= 0.6 is 0 Å². The minimum Gasteiger partial charge on any atom is -0.497 e. The molecule has 2 heterocycles. The summed E-state index contributed by atoms with van der Waals surface area (Å²) in [4.78, 5) is 2.36. The molecule has 0 aliphatic carbocycles. The van der Waals surface area contributed by atoms with Crippen LogP contribution in [0.4, 0.5) is 4.39 Å². The molecule has 1 saturated heterocycles. The SMILES string of the molecule is COc1ccc(-c2nn(-c3ccccc3)cc2CNCCN2CCC(O)CC2)c(F)c1. The lowest BCUT2D eigenvalue weighted by atomic mass is 10.1. The van der Waals surface area contributed by atoms with Gasteiger partial charge >= 0.3 is 0 Å². The van der Waals surface area contributed by atoms with Gasteiger partial charge in [0.15, 0.2) is 0 Å². The number of ether oxygens (including phenoxy) is 1. The van der Waals surface area contributed by atoms with Gasteiger partial charge in [-0.05, 0) is 37.1 Å². The molecule has 164 valence electrons. The molecule has 0 bridgehead atoms. The highest BCUT2D eigenvalue weighted by atomic mass is 19.1. The zero-order valence-electron chi connectivity index (χ0n) is 17.8. The first-order valence-electron chi connectivity index (χ1n) is 10.7. The van der Waals surface area contributed by atoms with E-state index in [9.17, 15) is 9.50 Å². The van der Waals surface area contributed by atoms with E-state index < -0.39 is 0 Å². The van der Waals surface area contributed by atoms with Crippen molar-refractivity contribution in [3.63, 3.8) is 0 Å². The Morgan fingerprint density at radius 2 is 1.94 bits per heavy atom. The van der Waals surface area contributed by atoms with E-state index in [-0.39, 0.29) is 11.9 Å². The number of methoxy groups -OCH3 is 1. The summed E-state index contributed by atoms with van der Waals surface area (Å²) in [6.07, 6.45) is 3.48. The summed E-state index contributed by atoms with van der Waals surface area (Å²) in [6, 6.07) is 14.7. The molecular formula is C24H29FN4O2. The Balaban J connectivity index is 1.50. The fraction of sp³-hybridized carbons (Fsp3) is 0.375. The van der Waals surface area contributed by atoms with E-state index in [1.807, 2.05) is 36.5 Å². The summed E-state index contributed by atoms with van der Waals surface area (Å²) in [5, 5.41) is 17.8. The fourth-order valence-corrected chi connectivity index (χ4v) is 3.90. The van der Waals surface area contributed by atoms with Crippen molar-refractivity contribution in [3.8, 4) is 22.7 Å². The average Bonchev–Trinajstić information content (AvgIpc) is 3.22. The van der Waals surface area contributed by atoms with E-state index in [1.165, 1.54) is 13.2 Å². The number of benzene rings is 2. The molecule has 1 aliphatic rings. The zero-order chi connectivity index (χ0) is 21.6. The van der Waals surface area contributed by atoms with Crippen molar-refractivity contribution in [1.29, 1.82) is 0 Å². The summed E-state index contributed by atoms with van der Waals surface area (Å²) >= 11 is 0. The summed E-state index contributed by atoms with van der Waals surface area (Å²) in [6.45, 7) is 4.18. The molecule has 7 heteroatoms. The highest BCUT2D eigenvalue weighted by molar-refractivity contribution is 5.65. The molecule has 2 N–H and O–H groups in total. The highest BCUT2D eigenvalue weighted by Gasteiger charge is 2.18. The van der Waals surface area contributed by atoms with Crippen molar-refractivity contribution in [2.75, 3.05) is 33.3 Å². The second-order valence-corrected chi connectivity index (χ2v) is 7.88. The van der Waals surface area contributed by atoms with Crippen LogP contribution in [0.1, 0.15) is 18.4 Å². The second-order valence-electron chi connectivity index (χ2n) is 7.88. The first kappa shape index (κ1) is 21.5. The van der Waals surface area contributed by atoms with Crippen LogP contribution in [-0.4, -0.2) is 59.2 Å². The van der Waals surface area contributed by atoms with Crippen LogP contribution in [0.25, 0.3) is 16.9 Å². The molecule has 0 atom stereocenters. The van der Waals surface area contributed by atoms with Gasteiger partial charge in [-0.3, -0.25) is 0 Å². The number of nitrogens with zero attached hydrogens (tertiary/aromatic N) is 3. The number of hydrogen-bond acceptors (Lipinski definition) is 5. The van der Waals surface area contributed by atoms with Gasteiger partial charge in [0, 0.05) is 56.1 Å². The molecule has 3 aromatic rings. The molecule has 1 fully saturated rings. The quantitative estimate of drug-likeness (QED) is 0.544. The summed E-state index contributed by atoms with van der Waals surface area (Å²) in [7, 11) is 1.52. The third-order valence-corrected chi connectivity index (χ3v) is 5.72. The van der Waals surface area contributed by atoms with Gasteiger partial charge in [-0.1, -0.05) is 18.2 Å². The Bertz CT molecular complexity index is 984. The lowest BCUT2D eigenvalue weighted by molar-refractivity contribution is 0.0830. The molecule has 31 heavy (non-hydrogen) atoms. The molecule has 0 spiro atoms. The Hall–Kier alpha value is -2.74. The number of aliphatic hydroxyl groups excluding tert-OH is 1. The molecule has 1 aliphatic heterocycles. The molecule has 2 aromatic carbocycles. The minimum atomic E-state index is -0.356. The summed E-state index contributed by atoms with van der Waals surface area (Å²) < 4.78 is 21.7. The largest absolute Gasteiger partial charge is 0.497 e. The minimum absolute atomic E-state index is 0.157. The first-order chi connectivity index (χ1) is 15.1. The van der Waals surface area contributed by atoms with E-state index in [1.54, 1.807) is 16.8 Å². The van der Waals surface area contributed by atoms with E-state index in [0.717, 1.165) is 50.3 Å². The van der Waals surface area contributed by atoms with Gasteiger partial charge in [-0.15, -0.1) is 0 Å². The number of aromatic nitrogens is 2. The van der Waals surface area contributed by atoms with E-state index in [0.29, 0.717) is 23.6 Å². The van der Waals surface area contributed by atoms with Crippen molar-refractivity contribution in [3.05, 3.63) is 66.1 Å². The van der Waals surface area contributed by atoms with Gasteiger partial charge in [0.05, 0.1) is 18.9 Å². The third kappa shape index (κ3) is 5.31. The van der Waals surface area contributed by atoms with Crippen LogP contribution in [0.5, 0.6) is 5.75 Å². The van der Waals surface area contributed by atoms with Crippen LogP contribution in [0.15, 0.2) is 54.7 Å². The lowest BCUT2D eigenvalue weighted by Gasteiger charge is -2.29. The number of nitrogens with one attached hydrogen (secondary N) is 1. The number of para-hydroxylation sites is 1. The maximum atomic E-state index is 14.8. The van der Waals surface area contributed by atoms with Crippen molar-refractivity contribution in [1.82, 2.24) is 20.0 Å². The van der Waals surface area contributed by atoms with Crippen molar-refractivity contribution < 1.29 is 14.2 Å². The summed E-state index contributed by atoms with van der Waals surface area (Å²) in [5.41, 5.74) is 2.94. The van der Waals surface area contributed by atoms with Crippen LogP contribution in [0.2, 0.25) is 0 Å². The molecular weight excluding hydrogens is 395 g/mol. The number of halogens is 1. The van der Waals surface area contributed by atoms with Crippen LogP contribution in [0.3, 0.4) is 0 Å². The van der Waals surface area contributed by atoms with E-state index in [2.05, 4.69) is 10.2 Å². The topological polar surface area (TPSA) is 62.5 Å². The number of likely N-dealkylation sites (tertiary alicyclic amines) is 1. The van der Waals surface area contributed by atoms with Crippen LogP contribution in [-0.2, 0) is 6.54 Å². The van der Waals surface area contributed by atoms with E-state index >= 15 is 0 Å². The number of hydrogen-bond donors (Lipinski definition) is 2. The Morgan fingerprint density at radius 3 is 2.65 bits per heavy atom. The predicted molar refractivity (Wildman–Crippen MR) is 119 cm³/mol. The molecule has 4 rings (SSSR count). The Kier molecular flexibility index (Phi) is 6.96. The van der Waals surface area contributed by atoms with Crippen LogP contribution < -0.4 is 10.1 Å². The monoisotopic (exact) mass is 424 g/mol. The summed E-state index contributed by atoms with van der Waals surface area (Å²) in [5.74, 6) is 0.126. The van der Waals surface area contributed by atoms with Crippen LogP contribution in [0, 0.1) is 5.82 Å². The van der Waals surface area contributed by atoms with Crippen molar-refractivity contribution >= 4 is 0 Å². The Labute approximate surface area is 182 Å². The van der Waals surface area contributed by atoms with Crippen molar-refractivity contribution in [2.24, 2.45) is 0 Å². The highest BCUT2D eigenvalue weighted by Crippen LogP contribution is 2.28. The predicted octanol–water partition coefficient (Wildman–Crippen LogP) is 3.23. The standard InChI is InChI=1S/C24H29FN4O2/c1-31-21-7-8-22(23(25)15-21)24-18(17-29(27-24)19-5-3-2-4-6-19)16-26-11-14-28-12-9-20(30)10-13-28/h2-8,15,17,20,26,30H,9-14,16H2,1H3. The zero-order valence-corrected chi connectivity index (χ0v) is 17.8. The van der Waals surface area contributed by atoms with E-state index in [4.69, 9.17) is 9.84 Å². The first-order valence-corrected chi connectivity index (χ1v) is 10.7. The lowest BCUT2D eigenvalue weighted by Crippen LogP contribution is -2.39. The van der Waals surface area contributed by atoms with Gasteiger partial charge in [0.25, 0.3) is 0 Å². The molecule has 1 aromatic heterocycles. The van der Waals surface area contributed by atoms with Gasteiger partial charge in [-0.2, -0.15) is 5.10 Å². The number of rotatable bonds is 8. The number of piperidine rings is 1. The maximum absolute atomic E-state index is 14.8. The van der Waals surface area contributed by atoms with Gasteiger partial charge in [-0.25, -0.2) is 9.07 Å². The second kappa shape index (κ2) is 10.0.